The third kappa shape index (κ3) is 2.44. The van der Waals surface area contributed by atoms with Crippen LogP contribution in [0.15, 0.2) is 65.2 Å². The average Bonchev–Trinajstić information content (AvgIpc) is 2.67. The van der Waals surface area contributed by atoms with Crippen molar-refractivity contribution in [1.29, 1.82) is 0 Å². The molecule has 2 aromatic carbocycles. The summed E-state index contributed by atoms with van der Waals surface area (Å²) in [5.41, 5.74) is 2.39. The van der Waals surface area contributed by atoms with Gasteiger partial charge in [0.2, 0.25) is 0 Å². The highest BCUT2D eigenvalue weighted by Gasteiger charge is 2.06. The summed E-state index contributed by atoms with van der Waals surface area (Å²) in [6, 6.07) is 9.95. The van der Waals surface area contributed by atoms with Gasteiger partial charge >= 0.3 is 0 Å². The van der Waals surface area contributed by atoms with Crippen molar-refractivity contribution in [3.05, 3.63) is 70.7 Å². The fourth-order valence-electron chi connectivity index (χ4n) is 2.36. The number of allylic oxidation sites excluding steroid dienone is 6. The molecule has 0 radical (unpaired) electrons. The van der Waals surface area contributed by atoms with Crippen LogP contribution in [0, 0.1) is 5.92 Å². The van der Waals surface area contributed by atoms with E-state index < -0.39 is 0 Å². The van der Waals surface area contributed by atoms with Crippen LogP contribution in [0.3, 0.4) is 0 Å². The maximum Gasteiger partial charge on any atom is 0.130 e. The Morgan fingerprint density at radius 3 is 2.80 bits per heavy atom. The standard InChI is InChI=1S/C18H15BrO/c1-12-3-2-4-13(6-5-12)14-7-9-16-15(11-14)8-10-17(20)18(16)19/h2-12,20H,1H3. The first-order chi connectivity index (χ1) is 9.65. The summed E-state index contributed by atoms with van der Waals surface area (Å²) in [5.74, 6) is 0.742. The van der Waals surface area contributed by atoms with Crippen LogP contribution in [0.1, 0.15) is 12.5 Å². The topological polar surface area (TPSA) is 20.2 Å². The number of aromatic hydroxyl groups is 1. The highest BCUT2D eigenvalue weighted by atomic mass is 79.9. The molecule has 0 saturated heterocycles. The molecule has 1 atom stereocenters. The maximum atomic E-state index is 9.72. The molecule has 0 spiro atoms. The summed E-state index contributed by atoms with van der Waals surface area (Å²) in [5, 5.41) is 11.9. The summed E-state index contributed by atoms with van der Waals surface area (Å²) in [7, 11) is 0. The minimum absolute atomic E-state index is 0.274. The summed E-state index contributed by atoms with van der Waals surface area (Å²) in [6.45, 7) is 2.17. The van der Waals surface area contributed by atoms with Crippen LogP contribution in [-0.2, 0) is 0 Å². The Kier molecular flexibility index (Phi) is 3.49. The molecule has 2 heteroatoms. The van der Waals surface area contributed by atoms with E-state index in [-0.39, 0.29) is 5.75 Å². The van der Waals surface area contributed by atoms with Gasteiger partial charge in [-0.3, -0.25) is 0 Å². The van der Waals surface area contributed by atoms with Gasteiger partial charge in [0, 0.05) is 0 Å². The predicted molar refractivity (Wildman–Crippen MR) is 88.7 cm³/mol. The number of phenolic OH excluding ortho intramolecular Hbond substituents is 1. The highest BCUT2D eigenvalue weighted by Crippen LogP contribution is 2.34. The average molecular weight is 327 g/mol. The number of halogens is 1. The number of hydrogen-bond acceptors (Lipinski definition) is 1. The van der Waals surface area contributed by atoms with Gasteiger partial charge in [0.05, 0.1) is 4.47 Å². The zero-order valence-corrected chi connectivity index (χ0v) is 12.8. The molecule has 0 amide bonds. The Morgan fingerprint density at radius 2 is 1.95 bits per heavy atom. The molecule has 0 saturated carbocycles. The third-order valence-electron chi connectivity index (χ3n) is 3.54. The van der Waals surface area contributed by atoms with Crippen molar-refractivity contribution in [2.24, 2.45) is 5.92 Å². The third-order valence-corrected chi connectivity index (χ3v) is 4.37. The van der Waals surface area contributed by atoms with Crippen molar-refractivity contribution in [3.8, 4) is 5.75 Å². The van der Waals surface area contributed by atoms with Gasteiger partial charge in [-0.05, 0) is 55.9 Å². The quantitative estimate of drug-likeness (QED) is 0.738. The number of fused-ring (bicyclic) bond motifs is 1. The molecular formula is C18H15BrO. The number of rotatable bonds is 1. The molecule has 0 heterocycles. The first-order valence-electron chi connectivity index (χ1n) is 6.63. The second kappa shape index (κ2) is 5.29. The molecule has 2 aromatic rings. The van der Waals surface area contributed by atoms with Crippen molar-refractivity contribution >= 4 is 32.3 Å². The van der Waals surface area contributed by atoms with Crippen molar-refractivity contribution in [1.82, 2.24) is 0 Å². The van der Waals surface area contributed by atoms with Crippen LogP contribution in [0.5, 0.6) is 5.75 Å². The number of benzene rings is 2. The lowest BCUT2D eigenvalue weighted by atomic mass is 10.0. The van der Waals surface area contributed by atoms with E-state index in [1.165, 1.54) is 11.1 Å². The lowest BCUT2D eigenvalue weighted by Gasteiger charge is -2.07. The zero-order chi connectivity index (χ0) is 14.1. The molecule has 1 unspecified atom stereocenters. The van der Waals surface area contributed by atoms with E-state index in [4.69, 9.17) is 0 Å². The smallest absolute Gasteiger partial charge is 0.130 e. The van der Waals surface area contributed by atoms with Crippen molar-refractivity contribution in [2.45, 2.75) is 6.92 Å². The maximum absolute atomic E-state index is 9.72. The predicted octanol–water partition coefficient (Wildman–Crippen LogP) is 5.45. The normalized spacial score (nSPS) is 18.1. The second-order valence-corrected chi connectivity index (χ2v) is 5.85. The lowest BCUT2D eigenvalue weighted by Crippen LogP contribution is -1.84. The van der Waals surface area contributed by atoms with Crippen molar-refractivity contribution < 1.29 is 5.11 Å². The van der Waals surface area contributed by atoms with Crippen LogP contribution in [0.2, 0.25) is 0 Å². The molecule has 0 aliphatic heterocycles. The molecule has 20 heavy (non-hydrogen) atoms. The first kappa shape index (κ1) is 13.2. The second-order valence-electron chi connectivity index (χ2n) is 5.06. The minimum Gasteiger partial charge on any atom is -0.507 e. The number of phenols is 1. The van der Waals surface area contributed by atoms with Gasteiger partial charge in [-0.2, -0.15) is 0 Å². The van der Waals surface area contributed by atoms with E-state index >= 15 is 0 Å². The SMILES string of the molecule is CC1C=CC=C(c2ccc3c(Br)c(O)ccc3c2)C=C1. The van der Waals surface area contributed by atoms with Gasteiger partial charge in [-0.25, -0.2) is 0 Å². The van der Waals surface area contributed by atoms with Gasteiger partial charge in [0.25, 0.3) is 0 Å². The molecule has 100 valence electrons. The molecule has 0 aromatic heterocycles. The highest BCUT2D eigenvalue weighted by molar-refractivity contribution is 9.10. The summed E-state index contributed by atoms with van der Waals surface area (Å²) >= 11 is 3.43. The summed E-state index contributed by atoms with van der Waals surface area (Å²) in [4.78, 5) is 0. The van der Waals surface area contributed by atoms with E-state index in [0.29, 0.717) is 5.92 Å². The molecule has 1 aliphatic rings. The Bertz CT molecular complexity index is 753. The Hall–Kier alpha value is -1.80. The van der Waals surface area contributed by atoms with Crippen molar-refractivity contribution in [2.75, 3.05) is 0 Å². The van der Waals surface area contributed by atoms with Gasteiger partial charge in [0.15, 0.2) is 0 Å². The van der Waals surface area contributed by atoms with E-state index in [9.17, 15) is 5.11 Å². The van der Waals surface area contributed by atoms with E-state index in [0.717, 1.165) is 15.2 Å². The monoisotopic (exact) mass is 326 g/mol. The Labute approximate surface area is 127 Å². The van der Waals surface area contributed by atoms with Gasteiger partial charge in [-0.1, -0.05) is 55.5 Å². The van der Waals surface area contributed by atoms with Crippen LogP contribution >= 0.6 is 15.9 Å². The minimum atomic E-state index is 0.274. The number of hydrogen-bond donors (Lipinski definition) is 1. The Morgan fingerprint density at radius 1 is 1.10 bits per heavy atom. The van der Waals surface area contributed by atoms with Crippen LogP contribution < -0.4 is 0 Å². The molecule has 0 bridgehead atoms. The van der Waals surface area contributed by atoms with Gasteiger partial charge < -0.3 is 5.11 Å². The van der Waals surface area contributed by atoms with E-state index in [2.05, 4.69) is 65.4 Å². The molecule has 0 fully saturated rings. The molecule has 1 aliphatic carbocycles. The summed E-state index contributed by atoms with van der Waals surface area (Å²) < 4.78 is 0.750. The van der Waals surface area contributed by atoms with Crippen molar-refractivity contribution in [3.63, 3.8) is 0 Å². The first-order valence-corrected chi connectivity index (χ1v) is 7.43. The van der Waals surface area contributed by atoms with E-state index in [1.54, 1.807) is 6.07 Å². The summed E-state index contributed by atoms with van der Waals surface area (Å²) in [6.07, 6.45) is 10.8. The molecule has 1 N–H and O–H groups in total. The zero-order valence-electron chi connectivity index (χ0n) is 11.2. The van der Waals surface area contributed by atoms with Gasteiger partial charge in [-0.15, -0.1) is 0 Å². The van der Waals surface area contributed by atoms with Gasteiger partial charge in [0.1, 0.15) is 5.75 Å². The van der Waals surface area contributed by atoms with E-state index in [1.807, 2.05) is 12.1 Å². The molecule has 3 rings (SSSR count). The fourth-order valence-corrected chi connectivity index (χ4v) is 2.86. The van der Waals surface area contributed by atoms with Crippen LogP contribution in [-0.4, -0.2) is 5.11 Å². The van der Waals surface area contributed by atoms with Crippen LogP contribution in [0.4, 0.5) is 0 Å². The fraction of sp³-hybridized carbons (Fsp3) is 0.111. The Balaban J connectivity index is 2.10. The molecular weight excluding hydrogens is 312 g/mol. The molecule has 1 nitrogen and oxygen atoms in total. The largest absolute Gasteiger partial charge is 0.507 e. The van der Waals surface area contributed by atoms with Crippen LogP contribution in [0.25, 0.3) is 16.3 Å². The lowest BCUT2D eigenvalue weighted by molar-refractivity contribution is 0.473.